The summed E-state index contributed by atoms with van der Waals surface area (Å²) < 4.78 is 0. The second-order valence-corrected chi connectivity index (χ2v) is 6.64. The Hall–Kier alpha value is -3.53. The van der Waals surface area contributed by atoms with Crippen molar-refractivity contribution in [2.24, 2.45) is 0 Å². The molecule has 1 N–H and O–H groups in total. The van der Waals surface area contributed by atoms with Gasteiger partial charge in [-0.25, -0.2) is 9.97 Å². The maximum Gasteiger partial charge on any atom is 0.252 e. The van der Waals surface area contributed by atoms with E-state index in [4.69, 9.17) is 0 Å². The second-order valence-electron chi connectivity index (χ2n) is 6.64. The van der Waals surface area contributed by atoms with E-state index in [1.807, 2.05) is 78.9 Å². The maximum atomic E-state index is 13.2. The Morgan fingerprint density at radius 3 is 2.39 bits per heavy atom. The van der Waals surface area contributed by atoms with Gasteiger partial charge >= 0.3 is 0 Å². The summed E-state index contributed by atoms with van der Waals surface area (Å²) in [5.74, 6) is -0.117. The van der Waals surface area contributed by atoms with Crippen LogP contribution in [0.2, 0.25) is 0 Å². The molecule has 4 aromatic rings. The van der Waals surface area contributed by atoms with Gasteiger partial charge in [0.05, 0.1) is 17.3 Å². The van der Waals surface area contributed by atoms with Crippen molar-refractivity contribution in [3.05, 3.63) is 96.2 Å². The SMILES string of the molecule is CC[C@@H](NC(=O)c1cc(-c2ccccc2)nc2ncccc12)c1ccccc1. The molecule has 0 aliphatic heterocycles. The first-order chi connectivity index (χ1) is 13.8. The molecule has 2 heterocycles. The molecule has 0 fully saturated rings. The smallest absolute Gasteiger partial charge is 0.252 e. The Balaban J connectivity index is 1.75. The number of fused-ring (bicyclic) bond motifs is 1. The average Bonchev–Trinajstić information content (AvgIpc) is 2.77. The fraction of sp³-hybridized carbons (Fsp3) is 0.125. The number of nitrogens with zero attached hydrogens (tertiary/aromatic N) is 2. The van der Waals surface area contributed by atoms with Gasteiger partial charge in [-0.1, -0.05) is 67.6 Å². The van der Waals surface area contributed by atoms with Gasteiger partial charge in [0.25, 0.3) is 5.91 Å². The normalized spacial score (nSPS) is 11.9. The van der Waals surface area contributed by atoms with Crippen LogP contribution in [0.4, 0.5) is 0 Å². The number of pyridine rings is 2. The summed E-state index contributed by atoms with van der Waals surface area (Å²) in [6.07, 6.45) is 2.51. The lowest BCUT2D eigenvalue weighted by Gasteiger charge is -2.18. The van der Waals surface area contributed by atoms with Crippen molar-refractivity contribution >= 4 is 16.9 Å². The molecule has 0 saturated carbocycles. The van der Waals surface area contributed by atoms with E-state index in [1.54, 1.807) is 6.20 Å². The number of carbonyl (C=O) groups excluding carboxylic acids is 1. The van der Waals surface area contributed by atoms with Crippen LogP contribution in [-0.2, 0) is 0 Å². The zero-order chi connectivity index (χ0) is 19.3. The maximum absolute atomic E-state index is 13.2. The molecule has 2 aromatic heterocycles. The third kappa shape index (κ3) is 3.62. The van der Waals surface area contributed by atoms with Gasteiger partial charge in [0.2, 0.25) is 0 Å². The lowest BCUT2D eigenvalue weighted by atomic mass is 10.0. The molecule has 0 aliphatic rings. The van der Waals surface area contributed by atoms with Crippen LogP contribution in [0.3, 0.4) is 0 Å². The number of amides is 1. The summed E-state index contributed by atoms with van der Waals surface area (Å²) in [5.41, 5.74) is 3.95. The topological polar surface area (TPSA) is 54.9 Å². The highest BCUT2D eigenvalue weighted by atomic mass is 16.1. The molecule has 1 atom stereocenters. The van der Waals surface area contributed by atoms with Crippen LogP contribution in [0, 0.1) is 0 Å². The molecule has 2 aromatic carbocycles. The second kappa shape index (κ2) is 8.01. The minimum absolute atomic E-state index is 0.0474. The van der Waals surface area contributed by atoms with E-state index in [0.29, 0.717) is 11.2 Å². The zero-order valence-corrected chi connectivity index (χ0v) is 15.7. The molecule has 4 nitrogen and oxygen atoms in total. The molecule has 4 heteroatoms. The van der Waals surface area contributed by atoms with E-state index in [2.05, 4.69) is 22.2 Å². The summed E-state index contributed by atoms with van der Waals surface area (Å²) in [4.78, 5) is 22.2. The first-order valence-corrected chi connectivity index (χ1v) is 9.43. The predicted octanol–water partition coefficient (Wildman–Crippen LogP) is 5.18. The first-order valence-electron chi connectivity index (χ1n) is 9.43. The van der Waals surface area contributed by atoms with Gasteiger partial charge in [-0.05, 0) is 30.2 Å². The van der Waals surface area contributed by atoms with Crippen molar-refractivity contribution in [3.8, 4) is 11.3 Å². The number of carbonyl (C=O) groups is 1. The van der Waals surface area contributed by atoms with Gasteiger partial charge in [0.15, 0.2) is 5.65 Å². The Bertz CT molecular complexity index is 1090. The molecule has 4 rings (SSSR count). The molecule has 0 saturated heterocycles. The van der Waals surface area contributed by atoms with Crippen LogP contribution in [0.15, 0.2) is 85.1 Å². The number of aromatic nitrogens is 2. The third-order valence-electron chi connectivity index (χ3n) is 4.81. The van der Waals surface area contributed by atoms with Crippen LogP contribution >= 0.6 is 0 Å². The summed E-state index contributed by atoms with van der Waals surface area (Å²) in [7, 11) is 0. The van der Waals surface area contributed by atoms with Gasteiger partial charge in [-0.15, -0.1) is 0 Å². The number of rotatable bonds is 5. The molecule has 1 amide bonds. The Kier molecular flexibility index (Phi) is 5.11. The number of benzene rings is 2. The lowest BCUT2D eigenvalue weighted by molar-refractivity contribution is 0.0937. The summed E-state index contributed by atoms with van der Waals surface area (Å²) in [6.45, 7) is 2.07. The van der Waals surface area contributed by atoms with Crippen molar-refractivity contribution in [1.82, 2.24) is 15.3 Å². The van der Waals surface area contributed by atoms with E-state index >= 15 is 0 Å². The van der Waals surface area contributed by atoms with E-state index in [0.717, 1.165) is 28.6 Å². The molecule has 138 valence electrons. The highest BCUT2D eigenvalue weighted by molar-refractivity contribution is 6.06. The molecular weight excluding hydrogens is 346 g/mol. The molecule has 28 heavy (non-hydrogen) atoms. The molecule has 0 spiro atoms. The average molecular weight is 367 g/mol. The van der Waals surface area contributed by atoms with Crippen molar-refractivity contribution in [3.63, 3.8) is 0 Å². The fourth-order valence-electron chi connectivity index (χ4n) is 3.34. The Morgan fingerprint density at radius 2 is 1.68 bits per heavy atom. The van der Waals surface area contributed by atoms with E-state index < -0.39 is 0 Å². The summed E-state index contributed by atoms with van der Waals surface area (Å²) in [5, 5.41) is 3.93. The molecule has 0 unspecified atom stereocenters. The van der Waals surface area contributed by atoms with Crippen molar-refractivity contribution in [2.75, 3.05) is 0 Å². The van der Waals surface area contributed by atoms with Gasteiger partial charge in [0.1, 0.15) is 0 Å². The highest BCUT2D eigenvalue weighted by Gasteiger charge is 2.18. The van der Waals surface area contributed by atoms with Gasteiger partial charge in [-0.2, -0.15) is 0 Å². The van der Waals surface area contributed by atoms with E-state index in [1.165, 1.54) is 0 Å². The van der Waals surface area contributed by atoms with Crippen molar-refractivity contribution in [2.45, 2.75) is 19.4 Å². The first kappa shape index (κ1) is 17.9. The Labute approximate surface area is 164 Å². The zero-order valence-electron chi connectivity index (χ0n) is 15.7. The van der Waals surface area contributed by atoms with Gasteiger partial charge in [-0.3, -0.25) is 4.79 Å². The van der Waals surface area contributed by atoms with Gasteiger partial charge < -0.3 is 5.32 Å². The highest BCUT2D eigenvalue weighted by Crippen LogP contribution is 2.25. The van der Waals surface area contributed by atoms with Crippen LogP contribution < -0.4 is 5.32 Å². The van der Waals surface area contributed by atoms with Crippen LogP contribution in [-0.4, -0.2) is 15.9 Å². The van der Waals surface area contributed by atoms with E-state index in [-0.39, 0.29) is 11.9 Å². The number of nitrogens with one attached hydrogen (secondary N) is 1. The largest absolute Gasteiger partial charge is 0.345 e. The molecule has 0 radical (unpaired) electrons. The minimum atomic E-state index is -0.117. The van der Waals surface area contributed by atoms with E-state index in [9.17, 15) is 4.79 Å². The molecular formula is C24H21N3O. The standard InChI is InChI=1S/C24H21N3O/c1-2-21(17-10-5-3-6-11-17)27-24(28)20-16-22(18-12-7-4-8-13-18)26-23-19(20)14-9-15-25-23/h3-16,21H,2H2,1H3,(H,27,28)/t21-/m1/s1. The lowest BCUT2D eigenvalue weighted by Crippen LogP contribution is -2.28. The van der Waals surface area contributed by atoms with Crippen LogP contribution in [0.25, 0.3) is 22.3 Å². The summed E-state index contributed by atoms with van der Waals surface area (Å²) >= 11 is 0. The van der Waals surface area contributed by atoms with Gasteiger partial charge in [0, 0.05) is 17.1 Å². The minimum Gasteiger partial charge on any atom is -0.345 e. The molecule has 0 aliphatic carbocycles. The number of hydrogen-bond acceptors (Lipinski definition) is 3. The summed E-state index contributed by atoms with van der Waals surface area (Å²) in [6, 6.07) is 25.4. The quantitative estimate of drug-likeness (QED) is 0.529. The van der Waals surface area contributed by atoms with Crippen molar-refractivity contribution < 1.29 is 4.79 Å². The third-order valence-corrected chi connectivity index (χ3v) is 4.81. The monoisotopic (exact) mass is 367 g/mol. The fourth-order valence-corrected chi connectivity index (χ4v) is 3.34. The number of hydrogen-bond donors (Lipinski definition) is 1. The van der Waals surface area contributed by atoms with Crippen molar-refractivity contribution in [1.29, 1.82) is 0 Å². The molecule has 0 bridgehead atoms. The van der Waals surface area contributed by atoms with Crippen LogP contribution in [0.5, 0.6) is 0 Å². The van der Waals surface area contributed by atoms with Crippen LogP contribution in [0.1, 0.15) is 35.3 Å². The Morgan fingerprint density at radius 1 is 0.964 bits per heavy atom. The predicted molar refractivity (Wildman–Crippen MR) is 112 cm³/mol.